The number of carbonyl (C=O) groups excluding carboxylic acids is 1. The SMILES string of the molecule is Cc1c(NC(=O)/C(C#N)=C/c2ccc(O)c([N+](=O)[O-])c2)c(=O)n(-c2ccccc2)n1C. The lowest BCUT2D eigenvalue weighted by Crippen LogP contribution is -2.23. The summed E-state index contributed by atoms with van der Waals surface area (Å²) in [5.74, 6) is -1.38. The van der Waals surface area contributed by atoms with Crippen molar-refractivity contribution in [1.29, 1.82) is 5.26 Å². The molecule has 2 aromatic carbocycles. The Hall–Kier alpha value is -4.65. The van der Waals surface area contributed by atoms with Gasteiger partial charge in [-0.2, -0.15) is 5.26 Å². The Kier molecular flexibility index (Phi) is 5.70. The summed E-state index contributed by atoms with van der Waals surface area (Å²) in [6, 6.07) is 14.0. The van der Waals surface area contributed by atoms with Crippen LogP contribution in [0, 0.1) is 28.4 Å². The number of para-hydroxylation sites is 1. The molecule has 0 aliphatic heterocycles. The van der Waals surface area contributed by atoms with Crippen molar-refractivity contribution in [2.45, 2.75) is 6.92 Å². The van der Waals surface area contributed by atoms with E-state index in [4.69, 9.17) is 0 Å². The number of nitro benzene ring substituents is 1. The summed E-state index contributed by atoms with van der Waals surface area (Å²) in [6.45, 7) is 1.65. The Morgan fingerprint density at radius 1 is 1.26 bits per heavy atom. The van der Waals surface area contributed by atoms with E-state index >= 15 is 0 Å². The maximum atomic E-state index is 12.9. The number of hydrogen-bond donors (Lipinski definition) is 2. The van der Waals surface area contributed by atoms with Gasteiger partial charge in [-0.15, -0.1) is 0 Å². The number of aromatic hydroxyl groups is 1. The fourth-order valence-corrected chi connectivity index (χ4v) is 2.98. The minimum Gasteiger partial charge on any atom is -0.502 e. The second-order valence-corrected chi connectivity index (χ2v) is 6.57. The van der Waals surface area contributed by atoms with Crippen LogP contribution in [0.15, 0.2) is 58.9 Å². The van der Waals surface area contributed by atoms with E-state index in [1.165, 1.54) is 10.7 Å². The number of carbonyl (C=O) groups is 1. The van der Waals surface area contributed by atoms with Crippen LogP contribution in [0.4, 0.5) is 11.4 Å². The maximum absolute atomic E-state index is 12.9. The number of anilines is 1. The lowest BCUT2D eigenvalue weighted by molar-refractivity contribution is -0.385. The van der Waals surface area contributed by atoms with Crippen molar-refractivity contribution in [2.75, 3.05) is 5.32 Å². The molecular weight excluding hydrogens is 402 g/mol. The van der Waals surface area contributed by atoms with E-state index in [0.29, 0.717) is 11.4 Å². The minimum absolute atomic E-state index is 0.00851. The molecule has 3 aromatic rings. The van der Waals surface area contributed by atoms with Crippen LogP contribution in [0.1, 0.15) is 11.3 Å². The van der Waals surface area contributed by atoms with E-state index in [2.05, 4.69) is 5.32 Å². The van der Waals surface area contributed by atoms with Gasteiger partial charge in [0.05, 0.1) is 16.3 Å². The number of nitro groups is 1. The molecule has 0 fully saturated rings. The Labute approximate surface area is 176 Å². The molecule has 0 aliphatic carbocycles. The highest BCUT2D eigenvalue weighted by molar-refractivity contribution is 6.09. The molecule has 0 atom stereocenters. The molecule has 0 bridgehead atoms. The van der Waals surface area contributed by atoms with Gasteiger partial charge in [0.15, 0.2) is 5.75 Å². The summed E-state index contributed by atoms with van der Waals surface area (Å²) in [6.07, 6.45) is 1.13. The zero-order chi connectivity index (χ0) is 22.7. The standard InChI is InChI=1S/C21H17N5O5/c1-13-19(21(29)25(24(13)2)16-6-4-3-5-7-16)23-20(28)15(12-22)10-14-8-9-18(27)17(11-14)26(30)31/h3-11,27H,1-2H3,(H,23,28)/b15-10+. The fraction of sp³-hybridized carbons (Fsp3) is 0.0952. The van der Waals surface area contributed by atoms with Gasteiger partial charge >= 0.3 is 5.69 Å². The van der Waals surface area contributed by atoms with Gasteiger partial charge in [-0.05, 0) is 36.8 Å². The summed E-state index contributed by atoms with van der Waals surface area (Å²) in [5.41, 5.74) is -0.148. The van der Waals surface area contributed by atoms with Gasteiger partial charge in [-0.3, -0.25) is 24.4 Å². The predicted octanol–water partition coefficient (Wildman–Crippen LogP) is 2.64. The molecule has 31 heavy (non-hydrogen) atoms. The predicted molar refractivity (Wildman–Crippen MR) is 113 cm³/mol. The van der Waals surface area contributed by atoms with Crippen LogP contribution in [0.25, 0.3) is 11.8 Å². The van der Waals surface area contributed by atoms with Crippen molar-refractivity contribution in [3.05, 3.63) is 85.8 Å². The second kappa shape index (κ2) is 8.38. The van der Waals surface area contributed by atoms with Gasteiger partial charge < -0.3 is 10.4 Å². The molecule has 2 N–H and O–H groups in total. The first kappa shape index (κ1) is 21.1. The molecule has 1 amide bonds. The van der Waals surface area contributed by atoms with E-state index < -0.39 is 27.8 Å². The summed E-state index contributed by atoms with van der Waals surface area (Å²) in [4.78, 5) is 35.7. The highest BCUT2D eigenvalue weighted by atomic mass is 16.6. The Balaban J connectivity index is 1.97. The summed E-state index contributed by atoms with van der Waals surface area (Å²) in [7, 11) is 1.66. The number of hydrogen-bond acceptors (Lipinski definition) is 6. The Bertz CT molecular complexity index is 1310. The van der Waals surface area contributed by atoms with Crippen molar-refractivity contribution >= 4 is 23.4 Å². The maximum Gasteiger partial charge on any atom is 0.311 e. The number of phenols is 1. The van der Waals surface area contributed by atoms with E-state index in [-0.39, 0.29) is 16.8 Å². The lowest BCUT2D eigenvalue weighted by Gasteiger charge is -2.07. The van der Waals surface area contributed by atoms with Crippen molar-refractivity contribution in [2.24, 2.45) is 7.05 Å². The van der Waals surface area contributed by atoms with E-state index in [0.717, 1.165) is 18.2 Å². The van der Waals surface area contributed by atoms with Crippen LogP contribution in [-0.4, -0.2) is 25.3 Å². The normalized spacial score (nSPS) is 11.1. The molecule has 10 nitrogen and oxygen atoms in total. The van der Waals surface area contributed by atoms with Crippen LogP contribution < -0.4 is 10.9 Å². The molecular formula is C21H17N5O5. The van der Waals surface area contributed by atoms with Crippen LogP contribution in [0.2, 0.25) is 0 Å². The average Bonchev–Trinajstić information content (AvgIpc) is 2.96. The van der Waals surface area contributed by atoms with Crippen LogP contribution >= 0.6 is 0 Å². The van der Waals surface area contributed by atoms with Crippen molar-refractivity contribution < 1.29 is 14.8 Å². The van der Waals surface area contributed by atoms with Crippen LogP contribution in [-0.2, 0) is 11.8 Å². The van der Waals surface area contributed by atoms with E-state index in [1.807, 2.05) is 6.07 Å². The highest BCUT2D eigenvalue weighted by Crippen LogP contribution is 2.27. The number of nitrogens with zero attached hydrogens (tertiary/aromatic N) is 4. The minimum atomic E-state index is -0.843. The zero-order valence-electron chi connectivity index (χ0n) is 16.6. The van der Waals surface area contributed by atoms with Gasteiger partial charge in [0.25, 0.3) is 11.5 Å². The first-order chi connectivity index (χ1) is 14.7. The Morgan fingerprint density at radius 2 is 1.94 bits per heavy atom. The number of phenolic OH excluding ortho intramolecular Hbond substituents is 1. The molecule has 0 saturated carbocycles. The first-order valence-corrected chi connectivity index (χ1v) is 8.99. The van der Waals surface area contributed by atoms with E-state index in [1.54, 1.807) is 49.0 Å². The molecule has 0 unspecified atom stereocenters. The Morgan fingerprint density at radius 3 is 2.55 bits per heavy atom. The van der Waals surface area contributed by atoms with Crippen molar-refractivity contribution in [3.63, 3.8) is 0 Å². The summed E-state index contributed by atoms with van der Waals surface area (Å²) >= 11 is 0. The van der Waals surface area contributed by atoms with Gasteiger partial charge in [-0.25, -0.2) is 4.68 Å². The monoisotopic (exact) mass is 419 g/mol. The van der Waals surface area contributed by atoms with Crippen LogP contribution in [0.3, 0.4) is 0 Å². The van der Waals surface area contributed by atoms with E-state index in [9.17, 15) is 30.1 Å². The smallest absolute Gasteiger partial charge is 0.311 e. The van der Waals surface area contributed by atoms with Gasteiger partial charge in [-0.1, -0.05) is 24.3 Å². The number of amides is 1. The quantitative estimate of drug-likeness (QED) is 0.282. The summed E-state index contributed by atoms with van der Waals surface area (Å²) in [5, 5.41) is 32.4. The highest BCUT2D eigenvalue weighted by Gasteiger charge is 2.20. The average molecular weight is 419 g/mol. The molecule has 10 heteroatoms. The second-order valence-electron chi connectivity index (χ2n) is 6.57. The van der Waals surface area contributed by atoms with Crippen molar-refractivity contribution in [1.82, 2.24) is 9.36 Å². The third-order valence-electron chi connectivity index (χ3n) is 4.66. The lowest BCUT2D eigenvalue weighted by atomic mass is 10.1. The van der Waals surface area contributed by atoms with Gasteiger partial charge in [0.1, 0.15) is 17.3 Å². The number of nitrogens with one attached hydrogen (secondary N) is 1. The number of aromatic nitrogens is 2. The molecule has 1 aromatic heterocycles. The number of benzene rings is 2. The third-order valence-corrected chi connectivity index (χ3v) is 4.66. The first-order valence-electron chi connectivity index (χ1n) is 8.99. The molecule has 3 rings (SSSR count). The molecule has 0 saturated heterocycles. The van der Waals surface area contributed by atoms with Crippen molar-refractivity contribution in [3.8, 4) is 17.5 Å². The molecule has 1 heterocycles. The molecule has 0 spiro atoms. The molecule has 156 valence electrons. The van der Waals surface area contributed by atoms with Crippen LogP contribution in [0.5, 0.6) is 5.75 Å². The number of rotatable bonds is 5. The molecule has 0 aliphatic rings. The fourth-order valence-electron chi connectivity index (χ4n) is 2.98. The largest absolute Gasteiger partial charge is 0.502 e. The summed E-state index contributed by atoms with van der Waals surface area (Å²) < 4.78 is 2.95. The number of nitriles is 1. The topological polar surface area (TPSA) is 143 Å². The molecule has 0 radical (unpaired) electrons. The third kappa shape index (κ3) is 4.06. The zero-order valence-corrected chi connectivity index (χ0v) is 16.6. The van der Waals surface area contributed by atoms with Gasteiger partial charge in [0, 0.05) is 13.1 Å². The van der Waals surface area contributed by atoms with Gasteiger partial charge in [0.2, 0.25) is 0 Å².